The number of nitrogens with one attached hydrogen (secondary N) is 1. The average Bonchev–Trinajstić information content (AvgIpc) is 3.50. The lowest BCUT2D eigenvalue weighted by atomic mass is 9.91. The first-order valence-corrected chi connectivity index (χ1v) is 13.9. The first-order chi connectivity index (χ1) is 19.1. The Morgan fingerprint density at radius 1 is 0.718 bits per heavy atom. The van der Waals surface area contributed by atoms with Gasteiger partial charge in [0.25, 0.3) is 11.8 Å². The van der Waals surface area contributed by atoms with Crippen LogP contribution in [0.2, 0.25) is 0 Å². The summed E-state index contributed by atoms with van der Waals surface area (Å²) in [6, 6.07) is 27.9. The van der Waals surface area contributed by atoms with Gasteiger partial charge in [-0.3, -0.25) is 19.3 Å². The number of rotatable bonds is 10. The molecule has 1 heterocycles. The Morgan fingerprint density at radius 2 is 1.38 bits per heavy atom. The summed E-state index contributed by atoms with van der Waals surface area (Å²) in [5.74, 6) is -0.373. The van der Waals surface area contributed by atoms with E-state index in [9.17, 15) is 14.4 Å². The van der Waals surface area contributed by atoms with Gasteiger partial charge >= 0.3 is 0 Å². The van der Waals surface area contributed by atoms with Crippen molar-refractivity contribution in [1.82, 2.24) is 10.2 Å². The van der Waals surface area contributed by atoms with E-state index in [2.05, 4.69) is 47.8 Å². The minimum absolute atomic E-state index is 0.0347. The van der Waals surface area contributed by atoms with Crippen molar-refractivity contribution in [3.63, 3.8) is 0 Å². The average molecular weight is 517 g/mol. The van der Waals surface area contributed by atoms with Crippen LogP contribution < -0.4 is 5.32 Å². The monoisotopic (exact) mass is 516 g/mol. The molecule has 5 nitrogen and oxygen atoms in total. The van der Waals surface area contributed by atoms with Gasteiger partial charge in [0.05, 0.1) is 17.2 Å². The Hall–Kier alpha value is -4.25. The third-order valence-corrected chi connectivity index (χ3v) is 8.07. The van der Waals surface area contributed by atoms with Gasteiger partial charge in [-0.05, 0) is 70.8 Å². The molecule has 0 aromatic heterocycles. The van der Waals surface area contributed by atoms with E-state index in [4.69, 9.17) is 0 Å². The third kappa shape index (κ3) is 4.85. The zero-order chi connectivity index (χ0) is 26.8. The van der Waals surface area contributed by atoms with Crippen molar-refractivity contribution in [2.75, 3.05) is 6.54 Å². The molecule has 3 amide bonds. The van der Waals surface area contributed by atoms with Crippen LogP contribution in [0.4, 0.5) is 0 Å². The molecule has 0 spiro atoms. The second-order valence-electron chi connectivity index (χ2n) is 10.5. The summed E-state index contributed by atoms with van der Waals surface area (Å²) in [7, 11) is 0. The molecule has 0 saturated carbocycles. The van der Waals surface area contributed by atoms with Crippen LogP contribution in [-0.2, 0) is 17.6 Å². The molecule has 4 aromatic rings. The number of imide groups is 1. The molecule has 39 heavy (non-hydrogen) atoms. The molecule has 0 radical (unpaired) electrons. The predicted molar refractivity (Wildman–Crippen MR) is 153 cm³/mol. The van der Waals surface area contributed by atoms with Gasteiger partial charge in [0, 0.05) is 13.0 Å². The molecule has 6 rings (SSSR count). The topological polar surface area (TPSA) is 66.5 Å². The highest BCUT2D eigenvalue weighted by atomic mass is 16.2. The number of carbonyl (C=O) groups excluding carboxylic acids is 3. The zero-order valence-corrected chi connectivity index (χ0v) is 22.0. The molecular formula is C34H32N2O3. The second kappa shape index (κ2) is 10.9. The molecule has 5 heteroatoms. The van der Waals surface area contributed by atoms with Crippen molar-refractivity contribution < 1.29 is 14.4 Å². The van der Waals surface area contributed by atoms with Gasteiger partial charge in [0.2, 0.25) is 5.91 Å². The zero-order valence-electron chi connectivity index (χ0n) is 22.0. The maximum atomic E-state index is 13.1. The van der Waals surface area contributed by atoms with Gasteiger partial charge in [-0.2, -0.15) is 0 Å². The van der Waals surface area contributed by atoms with Gasteiger partial charge in [-0.1, -0.05) is 85.6 Å². The molecule has 0 bridgehead atoms. The molecule has 1 atom stereocenters. The number of nitrogens with zero attached hydrogens (tertiary/aromatic N) is 1. The summed E-state index contributed by atoms with van der Waals surface area (Å²) in [4.78, 5) is 39.5. The molecule has 0 saturated heterocycles. The molecule has 1 N–H and O–H groups in total. The molecule has 1 aliphatic carbocycles. The van der Waals surface area contributed by atoms with Crippen molar-refractivity contribution in [3.8, 4) is 0 Å². The van der Waals surface area contributed by atoms with E-state index in [0.717, 1.165) is 49.7 Å². The minimum Gasteiger partial charge on any atom is -0.345 e. The number of hydrogen-bond acceptors (Lipinski definition) is 3. The van der Waals surface area contributed by atoms with Gasteiger partial charge < -0.3 is 5.32 Å². The lowest BCUT2D eigenvalue weighted by molar-refractivity contribution is -0.121. The predicted octanol–water partition coefficient (Wildman–Crippen LogP) is 6.39. The smallest absolute Gasteiger partial charge is 0.261 e. The second-order valence-corrected chi connectivity index (χ2v) is 10.5. The quantitative estimate of drug-likeness (QED) is 0.196. The number of fused-ring (bicyclic) bond motifs is 1. The lowest BCUT2D eigenvalue weighted by Crippen LogP contribution is -2.30. The van der Waals surface area contributed by atoms with Crippen molar-refractivity contribution in [3.05, 3.63) is 118 Å². The SMILES string of the molecule is O=C(CCCCCCN1C(=O)c2ccccc2C1=O)NC(c1ccccc1)c1ccc2c3c(cccc13)CC2. The molecule has 2 aliphatic rings. The van der Waals surface area contributed by atoms with E-state index in [1.54, 1.807) is 24.3 Å². The molecule has 4 aromatic carbocycles. The van der Waals surface area contributed by atoms with E-state index in [1.165, 1.54) is 26.8 Å². The van der Waals surface area contributed by atoms with Crippen LogP contribution in [0.25, 0.3) is 10.8 Å². The van der Waals surface area contributed by atoms with Crippen LogP contribution in [-0.4, -0.2) is 29.2 Å². The Bertz CT molecular complexity index is 1510. The third-order valence-electron chi connectivity index (χ3n) is 8.07. The maximum Gasteiger partial charge on any atom is 0.261 e. The summed E-state index contributed by atoms with van der Waals surface area (Å²) in [5, 5.41) is 5.90. The van der Waals surface area contributed by atoms with Gasteiger partial charge in [-0.25, -0.2) is 0 Å². The number of amides is 3. The van der Waals surface area contributed by atoms with Crippen LogP contribution in [0, 0.1) is 0 Å². The van der Waals surface area contributed by atoms with Crippen molar-refractivity contribution >= 4 is 28.5 Å². The highest BCUT2D eigenvalue weighted by Gasteiger charge is 2.34. The van der Waals surface area contributed by atoms with Gasteiger partial charge in [0.15, 0.2) is 0 Å². The normalized spacial score (nSPS) is 14.6. The lowest BCUT2D eigenvalue weighted by Gasteiger charge is -2.22. The summed E-state index contributed by atoms with van der Waals surface area (Å²) in [6.45, 7) is 0.416. The Labute approximate surface area is 228 Å². The highest BCUT2D eigenvalue weighted by Crippen LogP contribution is 2.36. The fraction of sp³-hybridized carbons (Fsp3) is 0.265. The minimum atomic E-state index is -0.211. The molecule has 1 unspecified atom stereocenters. The Balaban J connectivity index is 1.06. The van der Waals surface area contributed by atoms with Gasteiger partial charge in [-0.15, -0.1) is 0 Å². The van der Waals surface area contributed by atoms with Crippen molar-refractivity contribution in [1.29, 1.82) is 0 Å². The Kier molecular flexibility index (Phi) is 6.97. The van der Waals surface area contributed by atoms with Crippen molar-refractivity contribution in [2.24, 2.45) is 0 Å². The number of carbonyl (C=O) groups is 3. The Morgan fingerprint density at radius 3 is 2.13 bits per heavy atom. The number of hydrogen-bond donors (Lipinski definition) is 1. The summed E-state index contributed by atoms with van der Waals surface area (Å²) in [5.41, 5.74) is 5.98. The molecule has 1 aliphatic heterocycles. The van der Waals surface area contributed by atoms with E-state index in [1.807, 2.05) is 18.2 Å². The highest BCUT2D eigenvalue weighted by molar-refractivity contribution is 6.21. The van der Waals surface area contributed by atoms with Crippen LogP contribution >= 0.6 is 0 Å². The maximum absolute atomic E-state index is 13.1. The van der Waals surface area contributed by atoms with E-state index >= 15 is 0 Å². The fourth-order valence-electron chi connectivity index (χ4n) is 6.09. The molecule has 196 valence electrons. The van der Waals surface area contributed by atoms with Crippen molar-refractivity contribution in [2.45, 2.75) is 51.0 Å². The fourth-order valence-corrected chi connectivity index (χ4v) is 6.09. The van der Waals surface area contributed by atoms with Crippen LogP contribution in [0.15, 0.2) is 84.9 Å². The number of benzene rings is 4. The molecular weight excluding hydrogens is 484 g/mol. The summed E-state index contributed by atoms with van der Waals surface area (Å²) in [6.07, 6.45) is 5.82. The first-order valence-electron chi connectivity index (χ1n) is 13.9. The number of unbranched alkanes of at least 4 members (excludes halogenated alkanes) is 3. The van der Waals surface area contributed by atoms with Crippen LogP contribution in [0.1, 0.15) is 81.1 Å². The van der Waals surface area contributed by atoms with Crippen LogP contribution in [0.5, 0.6) is 0 Å². The van der Waals surface area contributed by atoms with E-state index in [0.29, 0.717) is 24.1 Å². The largest absolute Gasteiger partial charge is 0.345 e. The summed E-state index contributed by atoms with van der Waals surface area (Å²) >= 11 is 0. The standard InChI is InChI=1S/C34H32N2O3/c37-30(17-6-1-2-9-22-36-33(38)28-14-7-8-15-29(28)34(36)39)35-32(25-11-4-3-5-12-25)27-21-20-24-19-18-23-13-10-16-26(27)31(23)24/h3-5,7-8,10-16,20-21,32H,1-2,6,9,17-19,22H2,(H,35,37). The summed E-state index contributed by atoms with van der Waals surface area (Å²) < 4.78 is 0. The number of aryl methyl sites for hydroxylation is 2. The van der Waals surface area contributed by atoms with Crippen LogP contribution in [0.3, 0.4) is 0 Å². The first kappa shape index (κ1) is 25.1. The molecule has 0 fully saturated rings. The van der Waals surface area contributed by atoms with E-state index in [-0.39, 0.29) is 23.8 Å². The van der Waals surface area contributed by atoms with E-state index < -0.39 is 0 Å². The van der Waals surface area contributed by atoms with Gasteiger partial charge in [0.1, 0.15) is 0 Å².